The molecule has 0 aliphatic rings. The molecule has 0 spiro atoms. The fraction of sp³-hybridized carbons (Fsp3) is 0.474. The lowest BCUT2D eigenvalue weighted by atomic mass is 10.2. The summed E-state index contributed by atoms with van der Waals surface area (Å²) in [7, 11) is 1.61. The molecule has 0 saturated carbocycles. The van der Waals surface area contributed by atoms with E-state index < -0.39 is 6.04 Å². The molecule has 1 rings (SSSR count). The average molecular weight is 332 g/mol. The molecular weight excluding hydrogens is 304 g/mol. The number of carbonyl (C=O) groups excluding carboxylic acids is 2. The summed E-state index contributed by atoms with van der Waals surface area (Å²) in [5.74, 6) is 0.443. The molecule has 1 atom stereocenters. The fourth-order valence-corrected chi connectivity index (χ4v) is 2.26. The Morgan fingerprint density at radius 3 is 2.46 bits per heavy atom. The molecule has 5 heteroatoms. The third-order valence-corrected chi connectivity index (χ3v) is 3.75. The van der Waals surface area contributed by atoms with Gasteiger partial charge in [0.2, 0.25) is 11.8 Å². The maximum atomic E-state index is 12.3. The van der Waals surface area contributed by atoms with E-state index in [1.54, 1.807) is 25.0 Å². The van der Waals surface area contributed by atoms with Crippen LogP contribution in [0.1, 0.15) is 39.2 Å². The first-order valence-electron chi connectivity index (χ1n) is 8.43. The van der Waals surface area contributed by atoms with E-state index in [2.05, 4.69) is 12.2 Å². The average Bonchev–Trinajstić information content (AvgIpc) is 2.60. The Kier molecular flexibility index (Phi) is 8.61. The van der Waals surface area contributed by atoms with Crippen LogP contribution in [0.5, 0.6) is 5.75 Å². The molecule has 0 radical (unpaired) electrons. The second kappa shape index (κ2) is 10.5. The summed E-state index contributed by atoms with van der Waals surface area (Å²) in [6, 6.07) is 6.85. The second-order valence-electron chi connectivity index (χ2n) is 5.61. The zero-order valence-corrected chi connectivity index (χ0v) is 15.0. The van der Waals surface area contributed by atoms with Gasteiger partial charge in [0.15, 0.2) is 0 Å². The van der Waals surface area contributed by atoms with Gasteiger partial charge in [-0.15, -0.1) is 0 Å². The SMILES string of the molecule is CCCCN(CC)C(=O)[C@@H](C)NC(=O)/C=C\c1ccc(OC)cc1. The van der Waals surface area contributed by atoms with Gasteiger partial charge < -0.3 is 15.0 Å². The first-order valence-corrected chi connectivity index (χ1v) is 8.43. The van der Waals surface area contributed by atoms with Crippen LogP contribution in [-0.2, 0) is 9.59 Å². The van der Waals surface area contributed by atoms with Gasteiger partial charge >= 0.3 is 0 Å². The normalized spacial score (nSPS) is 12.0. The van der Waals surface area contributed by atoms with Crippen LogP contribution in [0.3, 0.4) is 0 Å². The third-order valence-electron chi connectivity index (χ3n) is 3.75. The van der Waals surface area contributed by atoms with E-state index in [4.69, 9.17) is 4.74 Å². The first-order chi connectivity index (χ1) is 11.5. The van der Waals surface area contributed by atoms with Gasteiger partial charge in [-0.2, -0.15) is 0 Å². The van der Waals surface area contributed by atoms with Crippen LogP contribution in [0.4, 0.5) is 0 Å². The number of rotatable bonds is 9. The number of hydrogen-bond donors (Lipinski definition) is 1. The van der Waals surface area contributed by atoms with Crippen molar-refractivity contribution < 1.29 is 14.3 Å². The van der Waals surface area contributed by atoms with Gasteiger partial charge in [-0.05, 0) is 44.0 Å². The lowest BCUT2D eigenvalue weighted by Gasteiger charge is -2.24. The van der Waals surface area contributed by atoms with Crippen LogP contribution in [0.2, 0.25) is 0 Å². The highest BCUT2D eigenvalue weighted by Crippen LogP contribution is 2.12. The molecular formula is C19H28N2O3. The standard InChI is InChI=1S/C19H28N2O3/c1-5-7-14-21(6-2)19(23)15(3)20-18(22)13-10-16-8-11-17(24-4)12-9-16/h8-13,15H,5-7,14H2,1-4H3,(H,20,22)/b13-10-/t15-/m1/s1. The van der Waals surface area contributed by atoms with Crippen molar-refractivity contribution in [3.8, 4) is 5.75 Å². The van der Waals surface area contributed by atoms with Crippen LogP contribution < -0.4 is 10.1 Å². The van der Waals surface area contributed by atoms with Crippen LogP contribution in [-0.4, -0.2) is 43.0 Å². The summed E-state index contributed by atoms with van der Waals surface area (Å²) < 4.78 is 5.09. The van der Waals surface area contributed by atoms with E-state index in [1.165, 1.54) is 6.08 Å². The van der Waals surface area contributed by atoms with Crippen molar-refractivity contribution in [2.45, 2.75) is 39.7 Å². The highest BCUT2D eigenvalue weighted by Gasteiger charge is 2.19. The smallest absolute Gasteiger partial charge is 0.244 e. The molecule has 1 N–H and O–H groups in total. The minimum absolute atomic E-state index is 0.0443. The Labute approximate surface area is 144 Å². The summed E-state index contributed by atoms with van der Waals surface area (Å²) in [5.41, 5.74) is 0.892. The minimum atomic E-state index is -0.533. The quantitative estimate of drug-likeness (QED) is 0.708. The summed E-state index contributed by atoms with van der Waals surface area (Å²) in [6.07, 6.45) is 5.15. The van der Waals surface area contributed by atoms with Crippen molar-refractivity contribution in [1.82, 2.24) is 10.2 Å². The van der Waals surface area contributed by atoms with E-state index in [-0.39, 0.29) is 11.8 Å². The van der Waals surface area contributed by atoms with Gasteiger partial charge in [-0.1, -0.05) is 25.5 Å². The summed E-state index contributed by atoms with van der Waals surface area (Å²) >= 11 is 0. The predicted molar refractivity (Wildman–Crippen MR) is 96.8 cm³/mol. The van der Waals surface area contributed by atoms with Crippen LogP contribution in [0.25, 0.3) is 6.08 Å². The molecule has 1 aromatic carbocycles. The van der Waals surface area contributed by atoms with Gasteiger partial charge in [-0.3, -0.25) is 9.59 Å². The molecule has 132 valence electrons. The lowest BCUT2D eigenvalue weighted by Crippen LogP contribution is -2.46. The third kappa shape index (κ3) is 6.44. The second-order valence-corrected chi connectivity index (χ2v) is 5.61. The largest absolute Gasteiger partial charge is 0.497 e. The van der Waals surface area contributed by atoms with Crippen molar-refractivity contribution in [3.63, 3.8) is 0 Å². The zero-order chi connectivity index (χ0) is 17.9. The number of ether oxygens (including phenoxy) is 1. The molecule has 1 aromatic rings. The van der Waals surface area contributed by atoms with Gasteiger partial charge in [-0.25, -0.2) is 0 Å². The molecule has 0 saturated heterocycles. The van der Waals surface area contributed by atoms with Gasteiger partial charge in [0.25, 0.3) is 0 Å². The molecule has 0 bridgehead atoms. The van der Waals surface area contributed by atoms with Crippen molar-refractivity contribution in [2.24, 2.45) is 0 Å². The monoisotopic (exact) mass is 332 g/mol. The predicted octanol–water partition coefficient (Wildman–Crippen LogP) is 2.86. The van der Waals surface area contributed by atoms with Crippen molar-refractivity contribution in [1.29, 1.82) is 0 Å². The van der Waals surface area contributed by atoms with E-state index >= 15 is 0 Å². The van der Waals surface area contributed by atoms with Gasteiger partial charge in [0.05, 0.1) is 7.11 Å². The molecule has 5 nitrogen and oxygen atoms in total. The fourth-order valence-electron chi connectivity index (χ4n) is 2.26. The Morgan fingerprint density at radius 1 is 1.25 bits per heavy atom. The Balaban J connectivity index is 2.55. The lowest BCUT2D eigenvalue weighted by molar-refractivity contribution is -0.135. The van der Waals surface area contributed by atoms with Gasteiger partial charge in [0.1, 0.15) is 11.8 Å². The highest BCUT2D eigenvalue weighted by molar-refractivity contribution is 5.95. The van der Waals surface area contributed by atoms with Crippen molar-refractivity contribution in [2.75, 3.05) is 20.2 Å². The topological polar surface area (TPSA) is 58.6 Å². The summed E-state index contributed by atoms with van der Waals surface area (Å²) in [6.45, 7) is 7.14. The van der Waals surface area contributed by atoms with E-state index in [1.807, 2.05) is 31.2 Å². The first kappa shape index (κ1) is 19.7. The summed E-state index contributed by atoms with van der Waals surface area (Å²) in [5, 5.41) is 2.72. The molecule has 0 aliphatic carbocycles. The molecule has 0 aromatic heterocycles. The number of methoxy groups -OCH3 is 1. The Bertz CT molecular complexity index is 552. The van der Waals surface area contributed by atoms with Gasteiger partial charge in [0, 0.05) is 19.2 Å². The van der Waals surface area contributed by atoms with Crippen molar-refractivity contribution in [3.05, 3.63) is 35.9 Å². The maximum absolute atomic E-state index is 12.3. The van der Waals surface area contributed by atoms with E-state index in [9.17, 15) is 9.59 Å². The van der Waals surface area contributed by atoms with E-state index in [0.717, 1.165) is 30.7 Å². The zero-order valence-electron chi connectivity index (χ0n) is 15.0. The van der Waals surface area contributed by atoms with Crippen molar-refractivity contribution >= 4 is 17.9 Å². The maximum Gasteiger partial charge on any atom is 0.244 e. The molecule has 0 heterocycles. The van der Waals surface area contributed by atoms with Crippen LogP contribution >= 0.6 is 0 Å². The number of carbonyl (C=O) groups is 2. The number of nitrogens with one attached hydrogen (secondary N) is 1. The van der Waals surface area contributed by atoms with Crippen LogP contribution in [0, 0.1) is 0 Å². The van der Waals surface area contributed by atoms with E-state index in [0.29, 0.717) is 6.54 Å². The number of nitrogens with zero attached hydrogens (tertiary/aromatic N) is 1. The molecule has 0 aliphatic heterocycles. The molecule has 2 amide bonds. The number of benzene rings is 1. The number of amides is 2. The number of hydrogen-bond acceptors (Lipinski definition) is 3. The molecule has 24 heavy (non-hydrogen) atoms. The number of unbranched alkanes of at least 4 members (excludes halogenated alkanes) is 1. The molecule has 0 unspecified atom stereocenters. The Hall–Kier alpha value is -2.30. The molecule has 0 fully saturated rings. The minimum Gasteiger partial charge on any atom is -0.497 e. The highest BCUT2D eigenvalue weighted by atomic mass is 16.5. The summed E-state index contributed by atoms with van der Waals surface area (Å²) in [4.78, 5) is 26.1. The van der Waals surface area contributed by atoms with Crippen LogP contribution in [0.15, 0.2) is 30.3 Å². The Morgan fingerprint density at radius 2 is 1.92 bits per heavy atom. The number of likely N-dealkylation sites (N-methyl/N-ethyl adjacent to an activating group) is 1.